The molecule has 0 radical (unpaired) electrons. The fourth-order valence-corrected chi connectivity index (χ4v) is 5.32. The maximum Gasteiger partial charge on any atom is 0.472 e. The molecule has 0 aromatic carbocycles. The Bertz CT molecular complexity index is 1180. The molecule has 3 N–H and O–H groups in total. The average Bonchev–Trinajstić information content (AvgIpc) is 3.14. The standard InChI is InChI=1S/C43H70NO8P/c1-3-5-7-9-11-13-15-17-19-20-22-23-25-27-29-31-33-35-42(45)49-39-41(40-51-53(47,48)50-38-37-44)52-43(46)36-34-32-30-28-26-24-21-18-16-14-12-10-8-6-4-2/h6,8,11-14,17-19,21-23,26-29,41H,3-5,7,9-10,15-16,20,24-25,30-40,44H2,1-2H3,(H,47,48)/t41-/m1/s1. The van der Waals surface area contributed by atoms with Gasteiger partial charge in [-0.05, 0) is 89.9 Å². The average molecular weight is 760 g/mol. The molecular formula is C43H70NO8P. The normalized spacial score (nSPS) is 14.4. The van der Waals surface area contributed by atoms with Gasteiger partial charge in [0.05, 0.1) is 13.2 Å². The summed E-state index contributed by atoms with van der Waals surface area (Å²) < 4.78 is 32.6. The van der Waals surface area contributed by atoms with E-state index in [2.05, 4.69) is 105 Å². The van der Waals surface area contributed by atoms with Crippen LogP contribution in [0.5, 0.6) is 0 Å². The highest BCUT2D eigenvalue weighted by Crippen LogP contribution is 2.43. The molecule has 2 atom stereocenters. The number of rotatable bonds is 35. The van der Waals surface area contributed by atoms with Gasteiger partial charge in [-0.3, -0.25) is 18.6 Å². The molecule has 0 aromatic heterocycles. The van der Waals surface area contributed by atoms with Gasteiger partial charge in [0.2, 0.25) is 0 Å². The Balaban J connectivity index is 4.40. The van der Waals surface area contributed by atoms with Crippen LogP contribution in [0.15, 0.2) is 97.2 Å². The summed E-state index contributed by atoms with van der Waals surface area (Å²) >= 11 is 0. The van der Waals surface area contributed by atoms with Crippen LogP contribution in [-0.4, -0.2) is 49.3 Å². The molecule has 0 aliphatic rings. The second-order valence-corrected chi connectivity index (χ2v) is 13.9. The topological polar surface area (TPSA) is 134 Å². The number of phosphoric acid groups is 1. The van der Waals surface area contributed by atoms with E-state index in [4.69, 9.17) is 24.3 Å². The van der Waals surface area contributed by atoms with Crippen LogP contribution in [0.3, 0.4) is 0 Å². The number of hydrogen-bond donors (Lipinski definition) is 2. The van der Waals surface area contributed by atoms with Gasteiger partial charge in [0.15, 0.2) is 6.10 Å². The fraction of sp³-hybridized carbons (Fsp3) is 0.581. The second-order valence-electron chi connectivity index (χ2n) is 12.4. The number of carbonyl (C=O) groups is 2. The minimum absolute atomic E-state index is 0.0336. The molecular weight excluding hydrogens is 689 g/mol. The SMILES string of the molecule is CCC=CCC=CCC=CCC=CCCCCC(=O)O[C@H](COC(=O)CCCC=CCC=CCC=CCC=CCCCCC)COP(=O)(O)OCCN. The van der Waals surface area contributed by atoms with Gasteiger partial charge >= 0.3 is 19.8 Å². The van der Waals surface area contributed by atoms with Crippen molar-refractivity contribution in [3.63, 3.8) is 0 Å². The molecule has 0 spiro atoms. The van der Waals surface area contributed by atoms with Crippen LogP contribution in [0, 0.1) is 0 Å². The third-order valence-corrected chi connectivity index (χ3v) is 8.44. The maximum atomic E-state index is 12.5. The van der Waals surface area contributed by atoms with Crippen molar-refractivity contribution >= 4 is 19.8 Å². The van der Waals surface area contributed by atoms with Crippen LogP contribution in [0.1, 0.15) is 129 Å². The summed E-state index contributed by atoms with van der Waals surface area (Å²) in [5.41, 5.74) is 5.33. The lowest BCUT2D eigenvalue weighted by Crippen LogP contribution is -2.29. The van der Waals surface area contributed by atoms with E-state index in [0.29, 0.717) is 12.8 Å². The van der Waals surface area contributed by atoms with E-state index in [-0.39, 0.29) is 32.6 Å². The van der Waals surface area contributed by atoms with Gasteiger partial charge in [0.25, 0.3) is 0 Å². The van der Waals surface area contributed by atoms with Gasteiger partial charge in [-0.2, -0.15) is 0 Å². The predicted octanol–water partition coefficient (Wildman–Crippen LogP) is 11.0. The highest BCUT2D eigenvalue weighted by molar-refractivity contribution is 7.47. The number of carbonyl (C=O) groups excluding carboxylic acids is 2. The Kier molecular flexibility index (Phi) is 36.4. The first kappa shape index (κ1) is 49.9. The largest absolute Gasteiger partial charge is 0.472 e. The summed E-state index contributed by atoms with van der Waals surface area (Å²) in [5, 5.41) is 0. The lowest BCUT2D eigenvalue weighted by molar-refractivity contribution is -0.161. The van der Waals surface area contributed by atoms with Crippen molar-refractivity contribution in [1.29, 1.82) is 0 Å². The van der Waals surface area contributed by atoms with Crippen molar-refractivity contribution in [2.75, 3.05) is 26.4 Å². The Morgan fingerprint density at radius 2 is 1.04 bits per heavy atom. The zero-order valence-electron chi connectivity index (χ0n) is 32.7. The van der Waals surface area contributed by atoms with Crippen molar-refractivity contribution < 1.29 is 37.6 Å². The minimum Gasteiger partial charge on any atom is -0.462 e. The van der Waals surface area contributed by atoms with Gasteiger partial charge in [-0.1, -0.05) is 124 Å². The minimum atomic E-state index is -4.40. The number of nitrogens with two attached hydrogens (primary N) is 1. The number of phosphoric ester groups is 1. The van der Waals surface area contributed by atoms with E-state index in [1.807, 2.05) is 6.08 Å². The molecule has 0 fully saturated rings. The van der Waals surface area contributed by atoms with Gasteiger partial charge in [0, 0.05) is 19.4 Å². The molecule has 0 aromatic rings. The van der Waals surface area contributed by atoms with Crippen LogP contribution in [0.25, 0.3) is 0 Å². The van der Waals surface area contributed by atoms with E-state index >= 15 is 0 Å². The third kappa shape index (κ3) is 38.5. The van der Waals surface area contributed by atoms with E-state index in [9.17, 15) is 19.0 Å². The van der Waals surface area contributed by atoms with Gasteiger partial charge in [-0.25, -0.2) is 4.57 Å². The molecule has 0 amide bonds. The number of hydrogen-bond acceptors (Lipinski definition) is 8. The molecule has 0 aliphatic carbocycles. The van der Waals surface area contributed by atoms with Crippen molar-refractivity contribution in [1.82, 2.24) is 0 Å². The van der Waals surface area contributed by atoms with Crippen LogP contribution in [0.2, 0.25) is 0 Å². The lowest BCUT2D eigenvalue weighted by Gasteiger charge is -2.19. The number of allylic oxidation sites excluding steroid dienone is 16. The molecule has 10 heteroatoms. The summed E-state index contributed by atoms with van der Waals surface area (Å²) in [4.78, 5) is 34.7. The van der Waals surface area contributed by atoms with E-state index in [1.54, 1.807) is 0 Å². The fourth-order valence-electron chi connectivity index (χ4n) is 4.56. The van der Waals surface area contributed by atoms with Crippen LogP contribution < -0.4 is 5.73 Å². The van der Waals surface area contributed by atoms with Crippen molar-refractivity contribution in [3.8, 4) is 0 Å². The first-order chi connectivity index (χ1) is 25.8. The summed E-state index contributed by atoms with van der Waals surface area (Å²) in [6, 6.07) is 0. The third-order valence-electron chi connectivity index (χ3n) is 7.45. The Labute approximate surface area is 321 Å². The van der Waals surface area contributed by atoms with Crippen LogP contribution in [0.4, 0.5) is 0 Å². The first-order valence-corrected chi connectivity index (χ1v) is 21.2. The van der Waals surface area contributed by atoms with Crippen molar-refractivity contribution in [2.24, 2.45) is 5.73 Å². The molecule has 0 saturated carbocycles. The summed E-state index contributed by atoms with van der Waals surface area (Å²) in [5.74, 6) is -0.956. The highest BCUT2D eigenvalue weighted by atomic mass is 31.2. The Hall–Kier alpha value is -3.07. The first-order valence-electron chi connectivity index (χ1n) is 19.7. The molecule has 9 nitrogen and oxygen atoms in total. The molecule has 0 saturated heterocycles. The summed E-state index contributed by atoms with van der Waals surface area (Å²) in [7, 11) is -4.40. The molecule has 0 heterocycles. The molecule has 300 valence electrons. The smallest absolute Gasteiger partial charge is 0.462 e. The Morgan fingerprint density at radius 3 is 1.53 bits per heavy atom. The van der Waals surface area contributed by atoms with Crippen molar-refractivity contribution in [3.05, 3.63) is 97.2 Å². The second kappa shape index (κ2) is 38.6. The molecule has 0 rings (SSSR count). The van der Waals surface area contributed by atoms with Gasteiger partial charge in [-0.15, -0.1) is 0 Å². The zero-order chi connectivity index (χ0) is 38.9. The van der Waals surface area contributed by atoms with Gasteiger partial charge in [0.1, 0.15) is 6.61 Å². The Morgan fingerprint density at radius 1 is 0.585 bits per heavy atom. The summed E-state index contributed by atoms with van der Waals surface area (Å²) in [6.45, 7) is 3.44. The molecule has 0 aliphatic heterocycles. The van der Waals surface area contributed by atoms with Crippen LogP contribution in [-0.2, 0) is 32.7 Å². The van der Waals surface area contributed by atoms with Crippen molar-refractivity contribution in [2.45, 2.75) is 136 Å². The molecule has 53 heavy (non-hydrogen) atoms. The predicted molar refractivity (Wildman–Crippen MR) is 219 cm³/mol. The van der Waals surface area contributed by atoms with E-state index in [1.165, 1.54) is 25.7 Å². The number of esters is 2. The quantitative estimate of drug-likeness (QED) is 0.0280. The highest BCUT2D eigenvalue weighted by Gasteiger charge is 2.25. The zero-order valence-corrected chi connectivity index (χ0v) is 33.6. The molecule has 0 bridgehead atoms. The van der Waals surface area contributed by atoms with E-state index in [0.717, 1.165) is 64.2 Å². The van der Waals surface area contributed by atoms with Crippen LogP contribution >= 0.6 is 7.82 Å². The lowest BCUT2D eigenvalue weighted by atomic mass is 10.2. The maximum absolute atomic E-state index is 12.5. The number of ether oxygens (including phenoxy) is 2. The number of unbranched alkanes of at least 4 members (excludes halogenated alkanes) is 6. The molecule has 1 unspecified atom stereocenters. The van der Waals surface area contributed by atoms with Gasteiger partial charge < -0.3 is 20.1 Å². The monoisotopic (exact) mass is 759 g/mol. The van der Waals surface area contributed by atoms with E-state index < -0.39 is 32.5 Å². The summed E-state index contributed by atoms with van der Waals surface area (Å²) in [6.07, 6.45) is 48.8.